The van der Waals surface area contributed by atoms with Gasteiger partial charge >= 0.3 is 11.9 Å². The normalized spacial score (nSPS) is 13.9. The van der Waals surface area contributed by atoms with Crippen LogP contribution in [-0.2, 0) is 20.7 Å². The number of nitrogens with zero attached hydrogens (tertiary/aromatic N) is 1. The second kappa shape index (κ2) is 7.15. The molecule has 6 heteroatoms. The molecule has 6 nitrogen and oxygen atoms in total. The Morgan fingerprint density at radius 3 is 2.32 bits per heavy atom. The molecule has 0 unspecified atom stereocenters. The summed E-state index contributed by atoms with van der Waals surface area (Å²) in [7, 11) is 4.22. The van der Waals surface area contributed by atoms with Crippen molar-refractivity contribution in [2.24, 2.45) is 0 Å². The minimum atomic E-state index is -0.455. The number of carbonyl (C=O) groups is 2. The molecular weight excluding hydrogens is 286 g/mol. The van der Waals surface area contributed by atoms with Crippen LogP contribution in [0.4, 0.5) is 5.69 Å². The van der Waals surface area contributed by atoms with Crippen molar-refractivity contribution in [1.82, 2.24) is 0 Å². The molecule has 1 heterocycles. The van der Waals surface area contributed by atoms with E-state index in [0.29, 0.717) is 16.9 Å². The number of ether oxygens (including phenoxy) is 3. The minimum Gasteiger partial charge on any atom is -0.497 e. The summed E-state index contributed by atoms with van der Waals surface area (Å²) in [5, 5.41) is 0. The zero-order chi connectivity index (χ0) is 16.1. The zero-order valence-corrected chi connectivity index (χ0v) is 13.2. The van der Waals surface area contributed by atoms with E-state index >= 15 is 0 Å². The third-order valence-electron chi connectivity index (χ3n) is 3.81. The standard InChI is InChI=1S/C16H21NO5/c1-20-12-8-11(9-14(18)21-2)15(16(19)22-3)13(10-12)17-6-4-5-7-17/h8,10H,4-7,9H2,1-3H3. The van der Waals surface area contributed by atoms with E-state index in [9.17, 15) is 9.59 Å². The molecule has 1 aromatic carbocycles. The van der Waals surface area contributed by atoms with E-state index in [-0.39, 0.29) is 6.42 Å². The van der Waals surface area contributed by atoms with Crippen LogP contribution in [0.3, 0.4) is 0 Å². The number of anilines is 1. The van der Waals surface area contributed by atoms with Gasteiger partial charge in [0.15, 0.2) is 0 Å². The number of methoxy groups -OCH3 is 3. The smallest absolute Gasteiger partial charge is 0.340 e. The van der Waals surface area contributed by atoms with E-state index in [1.54, 1.807) is 13.2 Å². The molecule has 2 rings (SSSR count). The minimum absolute atomic E-state index is 0.00102. The van der Waals surface area contributed by atoms with Crippen molar-refractivity contribution < 1.29 is 23.8 Å². The van der Waals surface area contributed by atoms with Crippen LogP contribution in [0, 0.1) is 0 Å². The molecule has 0 N–H and O–H groups in total. The second-order valence-electron chi connectivity index (χ2n) is 5.12. The summed E-state index contributed by atoms with van der Waals surface area (Å²) < 4.78 is 14.9. The molecule has 0 saturated carbocycles. The van der Waals surface area contributed by atoms with E-state index in [1.807, 2.05) is 6.07 Å². The van der Waals surface area contributed by atoms with Crippen LogP contribution in [0.2, 0.25) is 0 Å². The van der Waals surface area contributed by atoms with Gasteiger partial charge in [0.2, 0.25) is 0 Å². The lowest BCUT2D eigenvalue weighted by molar-refractivity contribution is -0.139. The lowest BCUT2D eigenvalue weighted by atomic mass is 10.0. The molecule has 0 radical (unpaired) electrons. The van der Waals surface area contributed by atoms with Crippen LogP contribution in [0.5, 0.6) is 5.75 Å². The van der Waals surface area contributed by atoms with Gasteiger partial charge < -0.3 is 19.1 Å². The lowest BCUT2D eigenvalue weighted by Gasteiger charge is -2.23. The van der Waals surface area contributed by atoms with E-state index in [1.165, 1.54) is 14.2 Å². The van der Waals surface area contributed by atoms with E-state index in [4.69, 9.17) is 14.2 Å². The summed E-state index contributed by atoms with van der Waals surface area (Å²) in [6, 6.07) is 3.50. The maximum Gasteiger partial charge on any atom is 0.340 e. The Morgan fingerprint density at radius 1 is 1.09 bits per heavy atom. The molecule has 1 saturated heterocycles. The Bertz CT molecular complexity index is 564. The van der Waals surface area contributed by atoms with Crippen LogP contribution in [0.1, 0.15) is 28.8 Å². The fraction of sp³-hybridized carbons (Fsp3) is 0.500. The number of benzene rings is 1. The molecule has 0 spiro atoms. The fourth-order valence-electron chi connectivity index (χ4n) is 2.69. The molecule has 22 heavy (non-hydrogen) atoms. The highest BCUT2D eigenvalue weighted by Crippen LogP contribution is 2.33. The van der Waals surface area contributed by atoms with Crippen LogP contribution in [0.25, 0.3) is 0 Å². The highest BCUT2D eigenvalue weighted by molar-refractivity contribution is 5.99. The average Bonchev–Trinajstić information content (AvgIpc) is 3.07. The zero-order valence-electron chi connectivity index (χ0n) is 13.2. The molecule has 1 fully saturated rings. The van der Waals surface area contributed by atoms with Gasteiger partial charge in [-0.05, 0) is 24.5 Å². The van der Waals surface area contributed by atoms with Gasteiger partial charge in [0.05, 0.1) is 39.0 Å². The number of esters is 2. The first-order valence-corrected chi connectivity index (χ1v) is 7.21. The van der Waals surface area contributed by atoms with Gasteiger partial charge in [-0.1, -0.05) is 0 Å². The molecule has 0 amide bonds. The first-order chi connectivity index (χ1) is 10.6. The molecule has 0 aromatic heterocycles. The van der Waals surface area contributed by atoms with E-state index < -0.39 is 11.9 Å². The topological polar surface area (TPSA) is 65.1 Å². The Balaban J connectivity index is 2.55. The van der Waals surface area contributed by atoms with Crippen LogP contribution in [0.15, 0.2) is 12.1 Å². The van der Waals surface area contributed by atoms with E-state index in [2.05, 4.69) is 4.90 Å². The Labute approximate surface area is 129 Å². The third-order valence-corrected chi connectivity index (χ3v) is 3.81. The first-order valence-electron chi connectivity index (χ1n) is 7.21. The number of carbonyl (C=O) groups excluding carboxylic acids is 2. The van der Waals surface area contributed by atoms with Crippen LogP contribution >= 0.6 is 0 Å². The Hall–Kier alpha value is -2.24. The summed E-state index contributed by atoms with van der Waals surface area (Å²) >= 11 is 0. The quantitative estimate of drug-likeness (QED) is 0.773. The van der Waals surface area contributed by atoms with Gasteiger partial charge in [0.25, 0.3) is 0 Å². The Morgan fingerprint density at radius 2 is 1.77 bits per heavy atom. The highest BCUT2D eigenvalue weighted by Gasteiger charge is 2.25. The predicted octanol–water partition coefficient (Wildman–Crippen LogP) is 1.80. The van der Waals surface area contributed by atoms with Crippen molar-refractivity contribution in [3.63, 3.8) is 0 Å². The molecule has 0 aliphatic carbocycles. The monoisotopic (exact) mass is 307 g/mol. The molecular formula is C16H21NO5. The summed E-state index contributed by atoms with van der Waals surface area (Å²) in [4.78, 5) is 26.0. The fourth-order valence-corrected chi connectivity index (χ4v) is 2.69. The second-order valence-corrected chi connectivity index (χ2v) is 5.12. The van der Waals surface area contributed by atoms with Crippen molar-refractivity contribution in [2.75, 3.05) is 39.3 Å². The van der Waals surface area contributed by atoms with Gasteiger partial charge in [0, 0.05) is 19.2 Å². The summed E-state index contributed by atoms with van der Waals surface area (Å²) in [5.41, 5.74) is 1.72. The van der Waals surface area contributed by atoms with Gasteiger partial charge in [-0.3, -0.25) is 4.79 Å². The SMILES string of the molecule is COC(=O)Cc1cc(OC)cc(N2CCCC2)c1C(=O)OC. The summed E-state index contributed by atoms with van der Waals surface area (Å²) in [6.07, 6.45) is 2.15. The molecule has 120 valence electrons. The van der Waals surface area contributed by atoms with Gasteiger partial charge in [-0.15, -0.1) is 0 Å². The number of hydrogen-bond donors (Lipinski definition) is 0. The van der Waals surface area contributed by atoms with Gasteiger partial charge in [-0.2, -0.15) is 0 Å². The van der Waals surface area contributed by atoms with Gasteiger partial charge in [-0.25, -0.2) is 4.79 Å². The van der Waals surface area contributed by atoms with Crippen molar-refractivity contribution in [3.8, 4) is 5.75 Å². The maximum absolute atomic E-state index is 12.2. The van der Waals surface area contributed by atoms with Crippen molar-refractivity contribution in [1.29, 1.82) is 0 Å². The molecule has 0 bridgehead atoms. The predicted molar refractivity (Wildman–Crippen MR) is 81.5 cm³/mol. The van der Waals surface area contributed by atoms with Crippen molar-refractivity contribution in [2.45, 2.75) is 19.3 Å². The molecule has 1 aliphatic rings. The molecule has 1 aromatic rings. The Kier molecular flexibility index (Phi) is 5.25. The van der Waals surface area contributed by atoms with Crippen LogP contribution in [-0.4, -0.2) is 46.4 Å². The van der Waals surface area contributed by atoms with Crippen LogP contribution < -0.4 is 9.64 Å². The molecule has 0 atom stereocenters. The maximum atomic E-state index is 12.2. The van der Waals surface area contributed by atoms with Crippen molar-refractivity contribution >= 4 is 17.6 Å². The average molecular weight is 307 g/mol. The largest absolute Gasteiger partial charge is 0.497 e. The summed E-state index contributed by atoms with van der Waals surface area (Å²) in [6.45, 7) is 1.74. The third kappa shape index (κ3) is 3.32. The molecule has 1 aliphatic heterocycles. The number of hydrogen-bond acceptors (Lipinski definition) is 6. The number of rotatable bonds is 5. The first kappa shape index (κ1) is 16.1. The lowest BCUT2D eigenvalue weighted by Crippen LogP contribution is -2.23. The summed E-state index contributed by atoms with van der Waals surface area (Å²) in [5.74, 6) is -0.261. The van der Waals surface area contributed by atoms with Crippen molar-refractivity contribution in [3.05, 3.63) is 23.3 Å². The van der Waals surface area contributed by atoms with Gasteiger partial charge in [0.1, 0.15) is 5.75 Å². The highest BCUT2D eigenvalue weighted by atomic mass is 16.5. The van der Waals surface area contributed by atoms with E-state index in [0.717, 1.165) is 31.6 Å².